The van der Waals surface area contributed by atoms with Crippen LogP contribution in [0.1, 0.15) is 32.3 Å². The molecule has 1 fully saturated rings. The molecule has 2 rings (SSSR count). The molecule has 0 spiro atoms. The Morgan fingerprint density at radius 3 is 2.56 bits per heavy atom. The number of hydrogen-bond acceptors (Lipinski definition) is 2. The highest BCUT2D eigenvalue weighted by molar-refractivity contribution is 9.10. The first kappa shape index (κ1) is 11.6. The fourth-order valence-electron chi connectivity index (χ4n) is 2.19. The second-order valence-corrected chi connectivity index (χ2v) is 5.38. The SMILES string of the molecule is CC[C@H]1C[C@](C)(c2ccc(Br)cc2)OC1=O. The maximum Gasteiger partial charge on any atom is 0.309 e. The average Bonchev–Trinajstić information content (AvgIpc) is 2.55. The van der Waals surface area contributed by atoms with Gasteiger partial charge in [0.15, 0.2) is 0 Å². The third-order valence-corrected chi connectivity index (χ3v) is 3.77. The maximum atomic E-state index is 11.6. The van der Waals surface area contributed by atoms with E-state index in [1.54, 1.807) is 0 Å². The van der Waals surface area contributed by atoms with Crippen LogP contribution in [0.25, 0.3) is 0 Å². The van der Waals surface area contributed by atoms with Crippen LogP contribution in [-0.2, 0) is 15.1 Å². The van der Waals surface area contributed by atoms with Crippen LogP contribution < -0.4 is 0 Å². The van der Waals surface area contributed by atoms with Gasteiger partial charge in [-0.2, -0.15) is 0 Å². The smallest absolute Gasteiger partial charge is 0.309 e. The van der Waals surface area contributed by atoms with Crippen LogP contribution >= 0.6 is 15.9 Å². The summed E-state index contributed by atoms with van der Waals surface area (Å²) in [5.41, 5.74) is 0.623. The Hall–Kier alpha value is -0.830. The molecule has 1 aliphatic heterocycles. The van der Waals surface area contributed by atoms with Gasteiger partial charge in [-0.3, -0.25) is 4.79 Å². The summed E-state index contributed by atoms with van der Waals surface area (Å²) in [5.74, 6) is -0.0124. The number of halogens is 1. The van der Waals surface area contributed by atoms with Crippen molar-refractivity contribution in [2.24, 2.45) is 5.92 Å². The van der Waals surface area contributed by atoms with Crippen molar-refractivity contribution in [1.82, 2.24) is 0 Å². The van der Waals surface area contributed by atoms with Crippen LogP contribution in [0.2, 0.25) is 0 Å². The van der Waals surface area contributed by atoms with Crippen molar-refractivity contribution >= 4 is 21.9 Å². The molecule has 0 unspecified atom stereocenters. The number of esters is 1. The zero-order chi connectivity index (χ0) is 11.8. The molecule has 0 radical (unpaired) electrons. The first-order chi connectivity index (χ1) is 7.55. The molecule has 86 valence electrons. The fourth-order valence-corrected chi connectivity index (χ4v) is 2.46. The van der Waals surface area contributed by atoms with Gasteiger partial charge in [0.2, 0.25) is 0 Å². The zero-order valence-corrected chi connectivity index (χ0v) is 11.1. The normalized spacial score (nSPS) is 29.2. The Balaban J connectivity index is 2.27. The molecule has 1 aliphatic rings. The van der Waals surface area contributed by atoms with Gasteiger partial charge < -0.3 is 4.74 Å². The minimum Gasteiger partial charge on any atom is -0.454 e. The molecule has 0 aliphatic carbocycles. The van der Waals surface area contributed by atoms with Gasteiger partial charge in [0.25, 0.3) is 0 Å². The molecule has 0 amide bonds. The van der Waals surface area contributed by atoms with Crippen molar-refractivity contribution in [3.8, 4) is 0 Å². The van der Waals surface area contributed by atoms with Crippen molar-refractivity contribution in [3.05, 3.63) is 34.3 Å². The van der Waals surface area contributed by atoms with E-state index in [4.69, 9.17) is 4.74 Å². The number of rotatable bonds is 2. The molecule has 0 aromatic heterocycles. The van der Waals surface area contributed by atoms with Crippen LogP contribution in [-0.4, -0.2) is 5.97 Å². The lowest BCUT2D eigenvalue weighted by Crippen LogP contribution is -2.20. The van der Waals surface area contributed by atoms with E-state index < -0.39 is 5.60 Å². The highest BCUT2D eigenvalue weighted by atomic mass is 79.9. The second-order valence-electron chi connectivity index (χ2n) is 4.47. The van der Waals surface area contributed by atoms with Gasteiger partial charge in [0.1, 0.15) is 5.60 Å². The minimum atomic E-state index is -0.446. The third kappa shape index (κ3) is 2.01. The molecule has 1 aromatic carbocycles. The summed E-state index contributed by atoms with van der Waals surface area (Å²) in [6.07, 6.45) is 1.63. The Morgan fingerprint density at radius 2 is 2.06 bits per heavy atom. The summed E-state index contributed by atoms with van der Waals surface area (Å²) in [6.45, 7) is 4.02. The van der Waals surface area contributed by atoms with Crippen molar-refractivity contribution in [2.75, 3.05) is 0 Å². The molecule has 1 aromatic rings. The van der Waals surface area contributed by atoms with E-state index >= 15 is 0 Å². The zero-order valence-electron chi connectivity index (χ0n) is 9.50. The van der Waals surface area contributed by atoms with Crippen LogP contribution in [0.15, 0.2) is 28.7 Å². The van der Waals surface area contributed by atoms with Crippen LogP contribution in [0.3, 0.4) is 0 Å². The Kier molecular flexibility index (Phi) is 3.06. The summed E-state index contributed by atoms with van der Waals surface area (Å²) >= 11 is 3.40. The number of cyclic esters (lactones) is 1. The Bertz CT molecular complexity index is 399. The van der Waals surface area contributed by atoms with Crippen molar-refractivity contribution in [1.29, 1.82) is 0 Å². The van der Waals surface area contributed by atoms with Gasteiger partial charge in [-0.15, -0.1) is 0 Å². The van der Waals surface area contributed by atoms with Crippen LogP contribution in [0, 0.1) is 5.92 Å². The van der Waals surface area contributed by atoms with E-state index in [1.165, 1.54) is 0 Å². The molecule has 16 heavy (non-hydrogen) atoms. The van der Waals surface area contributed by atoms with E-state index in [9.17, 15) is 4.79 Å². The molecule has 2 nitrogen and oxygen atoms in total. The molecule has 1 heterocycles. The summed E-state index contributed by atoms with van der Waals surface area (Å²) in [7, 11) is 0. The topological polar surface area (TPSA) is 26.3 Å². The largest absolute Gasteiger partial charge is 0.454 e. The first-order valence-electron chi connectivity index (χ1n) is 5.54. The van der Waals surface area contributed by atoms with Crippen LogP contribution in [0.4, 0.5) is 0 Å². The lowest BCUT2D eigenvalue weighted by molar-refractivity contribution is -0.150. The van der Waals surface area contributed by atoms with Gasteiger partial charge in [0, 0.05) is 10.9 Å². The molecule has 1 saturated heterocycles. The van der Waals surface area contributed by atoms with E-state index in [0.717, 1.165) is 22.9 Å². The van der Waals surface area contributed by atoms with Crippen molar-refractivity contribution in [3.63, 3.8) is 0 Å². The summed E-state index contributed by atoms with van der Waals surface area (Å²) in [5, 5.41) is 0. The van der Waals surface area contributed by atoms with Gasteiger partial charge in [-0.05, 0) is 31.0 Å². The predicted octanol–water partition coefficient (Wildman–Crippen LogP) is 3.64. The number of hydrogen-bond donors (Lipinski definition) is 0. The Labute approximate surface area is 104 Å². The summed E-state index contributed by atoms with van der Waals surface area (Å²) < 4.78 is 6.56. The highest BCUT2D eigenvalue weighted by Crippen LogP contribution is 2.40. The molecule has 0 saturated carbocycles. The number of carbonyl (C=O) groups excluding carboxylic acids is 1. The van der Waals surface area contributed by atoms with E-state index in [2.05, 4.69) is 15.9 Å². The third-order valence-electron chi connectivity index (χ3n) is 3.24. The number of carbonyl (C=O) groups is 1. The monoisotopic (exact) mass is 282 g/mol. The molecule has 0 bridgehead atoms. The lowest BCUT2D eigenvalue weighted by atomic mass is 9.88. The fraction of sp³-hybridized carbons (Fsp3) is 0.462. The Morgan fingerprint density at radius 1 is 1.44 bits per heavy atom. The standard InChI is InChI=1S/C13H15BrO2/c1-3-9-8-13(2,16-12(9)15)10-4-6-11(14)7-5-10/h4-7,9H,3,8H2,1-2H3/t9-,13+/m0/s1. The predicted molar refractivity (Wildman–Crippen MR) is 66.0 cm³/mol. The average molecular weight is 283 g/mol. The van der Waals surface area contributed by atoms with Crippen LogP contribution in [0.5, 0.6) is 0 Å². The number of benzene rings is 1. The summed E-state index contributed by atoms with van der Waals surface area (Å²) in [4.78, 5) is 11.6. The second kappa shape index (κ2) is 4.21. The molecule has 0 N–H and O–H groups in total. The number of ether oxygens (including phenoxy) is 1. The van der Waals surface area contributed by atoms with Gasteiger partial charge >= 0.3 is 5.97 Å². The first-order valence-corrected chi connectivity index (χ1v) is 6.33. The van der Waals surface area contributed by atoms with Crippen molar-refractivity contribution in [2.45, 2.75) is 32.3 Å². The quantitative estimate of drug-likeness (QED) is 0.775. The van der Waals surface area contributed by atoms with Gasteiger partial charge in [-0.1, -0.05) is 35.0 Å². The van der Waals surface area contributed by atoms with E-state index in [-0.39, 0.29) is 11.9 Å². The maximum absolute atomic E-state index is 11.6. The van der Waals surface area contributed by atoms with Gasteiger partial charge in [0.05, 0.1) is 5.92 Å². The highest BCUT2D eigenvalue weighted by Gasteiger charge is 2.43. The van der Waals surface area contributed by atoms with Gasteiger partial charge in [-0.25, -0.2) is 0 Å². The van der Waals surface area contributed by atoms with E-state index in [1.807, 2.05) is 38.1 Å². The summed E-state index contributed by atoms with van der Waals surface area (Å²) in [6, 6.07) is 7.98. The molecule has 3 heteroatoms. The molecular formula is C13H15BrO2. The molecular weight excluding hydrogens is 268 g/mol. The molecule has 2 atom stereocenters. The lowest BCUT2D eigenvalue weighted by Gasteiger charge is -2.23. The van der Waals surface area contributed by atoms with Crippen molar-refractivity contribution < 1.29 is 9.53 Å². The minimum absolute atomic E-state index is 0.0497. The van der Waals surface area contributed by atoms with E-state index in [0.29, 0.717) is 0 Å².